The van der Waals surface area contributed by atoms with E-state index in [1.165, 1.54) is 16.7 Å². The number of benzene rings is 1. The number of rotatable bonds is 4. The van der Waals surface area contributed by atoms with Gasteiger partial charge in [-0.3, -0.25) is 0 Å². The molecule has 2 aliphatic rings. The first-order chi connectivity index (χ1) is 12.4. The van der Waals surface area contributed by atoms with Crippen LogP contribution in [0.5, 0.6) is 5.75 Å². The Kier molecular flexibility index (Phi) is 4.23. The summed E-state index contributed by atoms with van der Waals surface area (Å²) in [7, 11) is 3.95. The van der Waals surface area contributed by atoms with Gasteiger partial charge in [-0.15, -0.1) is 0 Å². The minimum absolute atomic E-state index is 0.103. The Balaban J connectivity index is 1.56. The lowest BCUT2D eigenvalue weighted by molar-refractivity contribution is 0.138. The molecule has 0 saturated heterocycles. The third-order valence-corrected chi connectivity index (χ3v) is 4.91. The molecule has 0 saturated carbocycles. The van der Waals surface area contributed by atoms with E-state index in [1.54, 1.807) is 0 Å². The lowest BCUT2D eigenvalue weighted by Gasteiger charge is -2.22. The smallest absolute Gasteiger partial charge is 0.227 e. The van der Waals surface area contributed by atoms with Crippen LogP contribution in [0.3, 0.4) is 0 Å². The molecule has 138 valence electrons. The quantitative estimate of drug-likeness (QED) is 0.881. The van der Waals surface area contributed by atoms with Gasteiger partial charge < -0.3 is 20.3 Å². The van der Waals surface area contributed by atoms with Crippen LogP contribution < -0.4 is 20.3 Å². The summed E-state index contributed by atoms with van der Waals surface area (Å²) in [5.74, 6) is 2.72. The first-order valence-corrected chi connectivity index (χ1v) is 9.24. The van der Waals surface area contributed by atoms with Crippen LogP contribution in [0.25, 0.3) is 0 Å². The Morgan fingerprint density at radius 1 is 1.27 bits per heavy atom. The molecule has 3 heterocycles. The van der Waals surface area contributed by atoms with E-state index in [4.69, 9.17) is 9.72 Å². The van der Waals surface area contributed by atoms with E-state index in [0.29, 0.717) is 0 Å². The van der Waals surface area contributed by atoms with Crippen molar-refractivity contribution in [1.29, 1.82) is 0 Å². The molecule has 4 rings (SSSR count). The second-order valence-electron chi connectivity index (χ2n) is 7.95. The van der Waals surface area contributed by atoms with E-state index < -0.39 is 0 Å². The Bertz CT molecular complexity index is 831. The molecule has 6 nitrogen and oxygen atoms in total. The number of fused-ring (bicyclic) bond motifs is 2. The van der Waals surface area contributed by atoms with Gasteiger partial charge in [-0.05, 0) is 44.0 Å². The van der Waals surface area contributed by atoms with Gasteiger partial charge in [-0.1, -0.05) is 12.1 Å². The van der Waals surface area contributed by atoms with Crippen molar-refractivity contribution in [2.75, 3.05) is 30.9 Å². The Morgan fingerprint density at radius 3 is 2.92 bits per heavy atom. The van der Waals surface area contributed by atoms with E-state index in [2.05, 4.69) is 47.7 Å². The molecular formula is C20H27N5O. The molecule has 0 aliphatic carbocycles. The molecular weight excluding hydrogens is 326 g/mol. The van der Waals surface area contributed by atoms with Crippen LogP contribution in [-0.2, 0) is 25.9 Å². The Hall–Kier alpha value is -2.34. The summed E-state index contributed by atoms with van der Waals surface area (Å²) in [6.07, 6.45) is 1.91. The molecule has 0 amide bonds. The summed E-state index contributed by atoms with van der Waals surface area (Å²) in [5.41, 5.74) is 4.77. The maximum absolute atomic E-state index is 5.98. The van der Waals surface area contributed by atoms with E-state index in [9.17, 15) is 0 Å². The van der Waals surface area contributed by atoms with Gasteiger partial charge >= 0.3 is 0 Å². The van der Waals surface area contributed by atoms with Gasteiger partial charge in [0.2, 0.25) is 5.95 Å². The number of hydrogen-bond donors (Lipinski definition) is 2. The summed E-state index contributed by atoms with van der Waals surface area (Å²) in [6.45, 7) is 6.79. The second-order valence-corrected chi connectivity index (χ2v) is 7.95. The minimum atomic E-state index is -0.103. The number of ether oxygens (including phenoxy) is 1. The zero-order valence-corrected chi connectivity index (χ0v) is 16.0. The molecule has 0 spiro atoms. The first kappa shape index (κ1) is 17.1. The molecule has 2 aromatic rings. The fraction of sp³-hybridized carbons (Fsp3) is 0.500. The van der Waals surface area contributed by atoms with Crippen LogP contribution in [0.15, 0.2) is 18.2 Å². The predicted molar refractivity (Wildman–Crippen MR) is 104 cm³/mol. The number of nitrogens with zero attached hydrogens (tertiary/aromatic N) is 3. The van der Waals surface area contributed by atoms with Crippen LogP contribution in [0, 0.1) is 0 Å². The van der Waals surface area contributed by atoms with E-state index >= 15 is 0 Å². The zero-order valence-electron chi connectivity index (χ0n) is 16.0. The normalized spacial score (nSPS) is 17.2. The third kappa shape index (κ3) is 3.33. The van der Waals surface area contributed by atoms with Crippen LogP contribution >= 0.6 is 0 Å². The summed E-state index contributed by atoms with van der Waals surface area (Å²) < 4.78 is 5.98. The molecule has 0 fully saturated rings. The molecule has 26 heavy (non-hydrogen) atoms. The molecule has 6 heteroatoms. The monoisotopic (exact) mass is 353 g/mol. The van der Waals surface area contributed by atoms with Gasteiger partial charge in [0.1, 0.15) is 17.2 Å². The van der Waals surface area contributed by atoms with Crippen LogP contribution in [0.4, 0.5) is 11.8 Å². The molecule has 2 aliphatic heterocycles. The molecule has 0 bridgehead atoms. The summed E-state index contributed by atoms with van der Waals surface area (Å²) in [6, 6.07) is 6.47. The highest BCUT2D eigenvalue weighted by atomic mass is 16.5. The van der Waals surface area contributed by atoms with Crippen molar-refractivity contribution in [3.05, 3.63) is 40.6 Å². The van der Waals surface area contributed by atoms with Gasteiger partial charge in [0.05, 0.1) is 5.69 Å². The Labute approximate surface area is 155 Å². The van der Waals surface area contributed by atoms with E-state index in [-0.39, 0.29) is 5.60 Å². The lowest BCUT2D eigenvalue weighted by atomic mass is 10.00. The average molecular weight is 353 g/mol. The topological polar surface area (TPSA) is 62.3 Å². The highest BCUT2D eigenvalue weighted by Gasteiger charge is 2.29. The maximum atomic E-state index is 5.98. The van der Waals surface area contributed by atoms with Gasteiger partial charge in [0.25, 0.3) is 0 Å². The van der Waals surface area contributed by atoms with Crippen molar-refractivity contribution in [3.8, 4) is 5.75 Å². The Morgan fingerprint density at radius 2 is 2.12 bits per heavy atom. The van der Waals surface area contributed by atoms with Crippen LogP contribution in [0.1, 0.15) is 36.2 Å². The highest BCUT2D eigenvalue weighted by molar-refractivity contribution is 5.53. The van der Waals surface area contributed by atoms with E-state index in [1.807, 2.05) is 19.0 Å². The van der Waals surface area contributed by atoms with Crippen molar-refractivity contribution in [3.63, 3.8) is 0 Å². The highest BCUT2D eigenvalue weighted by Crippen LogP contribution is 2.35. The van der Waals surface area contributed by atoms with Gasteiger partial charge in [0, 0.05) is 39.2 Å². The van der Waals surface area contributed by atoms with E-state index in [0.717, 1.165) is 55.7 Å². The fourth-order valence-electron chi connectivity index (χ4n) is 3.65. The summed E-state index contributed by atoms with van der Waals surface area (Å²) in [5, 5.41) is 6.94. The van der Waals surface area contributed by atoms with Crippen molar-refractivity contribution < 1.29 is 4.74 Å². The van der Waals surface area contributed by atoms with Crippen molar-refractivity contribution in [2.45, 2.75) is 45.4 Å². The van der Waals surface area contributed by atoms with Gasteiger partial charge in [0.15, 0.2) is 0 Å². The van der Waals surface area contributed by atoms with Crippen LogP contribution in [-0.4, -0.2) is 36.2 Å². The largest absolute Gasteiger partial charge is 0.487 e. The number of anilines is 2. The standard InChI is InChI=1S/C20H27N5O/c1-20(2)10-14-9-13(5-6-17(14)26-20)11-22-18-15-7-8-21-12-16(15)23-19(24-18)25(3)4/h5-6,9,21H,7-8,10-12H2,1-4H3,(H,22,23,24). The maximum Gasteiger partial charge on any atom is 0.227 e. The number of nitrogens with one attached hydrogen (secondary N) is 2. The summed E-state index contributed by atoms with van der Waals surface area (Å²) >= 11 is 0. The molecule has 0 radical (unpaired) electrons. The van der Waals surface area contributed by atoms with Crippen molar-refractivity contribution in [2.24, 2.45) is 0 Å². The molecule has 1 aromatic carbocycles. The van der Waals surface area contributed by atoms with Crippen LogP contribution in [0.2, 0.25) is 0 Å². The molecule has 0 atom stereocenters. The van der Waals surface area contributed by atoms with Crippen molar-refractivity contribution in [1.82, 2.24) is 15.3 Å². The molecule has 0 unspecified atom stereocenters. The number of hydrogen-bond acceptors (Lipinski definition) is 6. The third-order valence-electron chi connectivity index (χ3n) is 4.91. The zero-order chi connectivity index (χ0) is 18.3. The minimum Gasteiger partial charge on any atom is -0.487 e. The SMILES string of the molecule is CN(C)c1nc2c(c(NCc3ccc4c(c3)CC(C)(C)O4)n1)CCNC2. The average Bonchev–Trinajstić information content (AvgIpc) is 2.92. The lowest BCUT2D eigenvalue weighted by Crippen LogP contribution is -2.28. The van der Waals surface area contributed by atoms with Crippen molar-refractivity contribution >= 4 is 11.8 Å². The molecule has 2 N–H and O–H groups in total. The fourth-order valence-corrected chi connectivity index (χ4v) is 3.65. The molecule has 1 aromatic heterocycles. The van der Waals surface area contributed by atoms with Gasteiger partial charge in [-0.2, -0.15) is 4.98 Å². The number of aromatic nitrogens is 2. The predicted octanol–water partition coefficient (Wildman–Crippen LogP) is 2.51. The van der Waals surface area contributed by atoms with Gasteiger partial charge in [-0.25, -0.2) is 4.98 Å². The summed E-state index contributed by atoms with van der Waals surface area (Å²) in [4.78, 5) is 11.4. The first-order valence-electron chi connectivity index (χ1n) is 9.24. The second kappa shape index (κ2) is 6.43.